The van der Waals surface area contributed by atoms with Gasteiger partial charge in [0.15, 0.2) is 13.1 Å². The van der Waals surface area contributed by atoms with E-state index in [-0.39, 0.29) is 30.4 Å². The van der Waals surface area contributed by atoms with Gasteiger partial charge in [-0.15, -0.1) is 11.8 Å². The number of benzene rings is 1. The van der Waals surface area contributed by atoms with Crippen molar-refractivity contribution in [2.24, 2.45) is 0 Å². The molecule has 1 aromatic rings. The van der Waals surface area contributed by atoms with E-state index in [2.05, 4.69) is 16.7 Å². The second-order valence-electron chi connectivity index (χ2n) is 6.60. The highest BCUT2D eigenvalue weighted by Crippen LogP contribution is 2.26. The number of carbonyl (C=O) groups excluding carboxylic acids is 2. The molecule has 1 aromatic carbocycles. The van der Waals surface area contributed by atoms with Gasteiger partial charge < -0.3 is 15.5 Å². The molecule has 0 radical (unpaired) electrons. The van der Waals surface area contributed by atoms with E-state index in [1.807, 2.05) is 39.0 Å². The van der Waals surface area contributed by atoms with Crippen LogP contribution in [0.5, 0.6) is 0 Å². The molecule has 0 saturated heterocycles. The van der Waals surface area contributed by atoms with Crippen molar-refractivity contribution in [2.75, 3.05) is 31.2 Å². The van der Waals surface area contributed by atoms with Crippen LogP contribution in [0.2, 0.25) is 0 Å². The first-order chi connectivity index (χ1) is 11.2. The zero-order valence-electron chi connectivity index (χ0n) is 14.6. The summed E-state index contributed by atoms with van der Waals surface area (Å²) in [5.74, 6) is 0.0733. The summed E-state index contributed by atoms with van der Waals surface area (Å²) in [6.45, 7) is 6.18. The minimum atomic E-state index is -0.281. The molecule has 6 nitrogen and oxygen atoms in total. The standard InChI is InChI=1S/C17H24N4O2S/c1-17(2,3)20-16(23)12-21(4)11-15(22)19-13-7-5-6-8-14(13)24-10-9-18/h5-8H,10-12H2,1-4H3,(H,19,22)(H,20,23)/p+1. The number of hydrogen-bond donors (Lipinski definition) is 3. The van der Waals surface area contributed by atoms with E-state index in [4.69, 9.17) is 5.26 Å². The Morgan fingerprint density at radius 1 is 1.21 bits per heavy atom. The van der Waals surface area contributed by atoms with E-state index in [9.17, 15) is 9.59 Å². The third-order valence-electron chi connectivity index (χ3n) is 2.89. The van der Waals surface area contributed by atoms with Crippen LogP contribution in [0.15, 0.2) is 29.2 Å². The number of nitrogens with one attached hydrogen (secondary N) is 3. The first-order valence-electron chi connectivity index (χ1n) is 7.72. The Kier molecular flexibility index (Phi) is 7.75. The van der Waals surface area contributed by atoms with Crippen LogP contribution in [0.4, 0.5) is 5.69 Å². The fourth-order valence-electron chi connectivity index (χ4n) is 2.07. The third kappa shape index (κ3) is 7.99. The summed E-state index contributed by atoms with van der Waals surface area (Å²) < 4.78 is 0. The molecule has 0 aliphatic rings. The van der Waals surface area contributed by atoms with Crippen LogP contribution in [-0.2, 0) is 9.59 Å². The number of amides is 2. The summed E-state index contributed by atoms with van der Waals surface area (Å²) in [7, 11) is 1.80. The summed E-state index contributed by atoms with van der Waals surface area (Å²) in [4.78, 5) is 25.7. The maximum atomic E-state index is 12.2. The van der Waals surface area contributed by atoms with Gasteiger partial charge in [-0.1, -0.05) is 12.1 Å². The molecule has 0 heterocycles. The normalized spacial score (nSPS) is 12.1. The lowest BCUT2D eigenvalue weighted by Crippen LogP contribution is -3.11. The van der Waals surface area contributed by atoms with Crippen molar-refractivity contribution >= 4 is 29.3 Å². The summed E-state index contributed by atoms with van der Waals surface area (Å²) in [6.07, 6.45) is 0. The number of quaternary nitrogens is 1. The zero-order chi connectivity index (χ0) is 18.2. The smallest absolute Gasteiger partial charge is 0.279 e. The van der Waals surface area contributed by atoms with Crippen molar-refractivity contribution in [1.82, 2.24) is 5.32 Å². The molecule has 1 atom stereocenters. The van der Waals surface area contributed by atoms with Gasteiger partial charge in [-0.25, -0.2) is 0 Å². The molecule has 1 rings (SSSR count). The quantitative estimate of drug-likeness (QED) is 0.632. The van der Waals surface area contributed by atoms with Gasteiger partial charge in [0, 0.05) is 10.4 Å². The molecule has 0 spiro atoms. The number of likely N-dealkylation sites (N-methyl/N-ethyl adjacent to an activating group) is 1. The van der Waals surface area contributed by atoms with Crippen LogP contribution in [0.1, 0.15) is 20.8 Å². The average Bonchev–Trinajstić information content (AvgIpc) is 2.43. The van der Waals surface area contributed by atoms with Gasteiger partial charge in [0.1, 0.15) is 0 Å². The minimum Gasteiger partial charge on any atom is -0.347 e. The zero-order valence-corrected chi connectivity index (χ0v) is 15.4. The molecule has 0 aliphatic heterocycles. The van der Waals surface area contributed by atoms with Crippen LogP contribution in [0, 0.1) is 11.3 Å². The molecule has 0 fully saturated rings. The molecule has 1 unspecified atom stereocenters. The van der Waals surface area contributed by atoms with Gasteiger partial charge in [0.25, 0.3) is 11.8 Å². The SMILES string of the molecule is C[NH+](CC(=O)Nc1ccccc1SCC#N)CC(=O)NC(C)(C)C. The van der Waals surface area contributed by atoms with Crippen molar-refractivity contribution in [3.05, 3.63) is 24.3 Å². The molecular weight excluding hydrogens is 324 g/mol. The fraction of sp³-hybridized carbons (Fsp3) is 0.471. The predicted octanol–water partition coefficient (Wildman–Crippen LogP) is 0.670. The molecule has 0 bridgehead atoms. The number of para-hydroxylation sites is 1. The Labute approximate surface area is 147 Å². The highest BCUT2D eigenvalue weighted by molar-refractivity contribution is 7.99. The van der Waals surface area contributed by atoms with Gasteiger partial charge in [-0.2, -0.15) is 5.26 Å². The second-order valence-corrected chi connectivity index (χ2v) is 7.62. The molecule has 2 amide bonds. The minimum absolute atomic E-state index is 0.0854. The lowest BCUT2D eigenvalue weighted by atomic mass is 10.1. The summed E-state index contributed by atoms with van der Waals surface area (Å²) in [6, 6.07) is 9.44. The van der Waals surface area contributed by atoms with Crippen LogP contribution < -0.4 is 15.5 Å². The maximum absolute atomic E-state index is 12.2. The number of anilines is 1. The van der Waals surface area contributed by atoms with Crippen molar-refractivity contribution in [2.45, 2.75) is 31.2 Å². The van der Waals surface area contributed by atoms with Crippen molar-refractivity contribution < 1.29 is 14.5 Å². The Morgan fingerprint density at radius 2 is 1.83 bits per heavy atom. The Morgan fingerprint density at radius 3 is 2.46 bits per heavy atom. The van der Waals surface area contributed by atoms with Crippen LogP contribution in [0.3, 0.4) is 0 Å². The predicted molar refractivity (Wildman–Crippen MR) is 95.9 cm³/mol. The van der Waals surface area contributed by atoms with Crippen LogP contribution in [-0.4, -0.2) is 43.2 Å². The van der Waals surface area contributed by atoms with E-state index in [1.54, 1.807) is 13.1 Å². The molecule has 0 aromatic heterocycles. The lowest BCUT2D eigenvalue weighted by Gasteiger charge is -2.21. The number of carbonyl (C=O) groups is 2. The molecular formula is C17H25N4O2S+. The lowest BCUT2D eigenvalue weighted by molar-refractivity contribution is -0.862. The van der Waals surface area contributed by atoms with E-state index in [0.717, 1.165) is 9.80 Å². The molecule has 7 heteroatoms. The average molecular weight is 349 g/mol. The second kappa shape index (κ2) is 9.30. The van der Waals surface area contributed by atoms with Crippen molar-refractivity contribution in [3.8, 4) is 6.07 Å². The highest BCUT2D eigenvalue weighted by atomic mass is 32.2. The van der Waals surface area contributed by atoms with Gasteiger partial charge in [0.05, 0.1) is 24.6 Å². The van der Waals surface area contributed by atoms with Crippen molar-refractivity contribution in [1.29, 1.82) is 5.26 Å². The first kappa shape index (κ1) is 20.0. The number of nitrogens with zero attached hydrogens (tertiary/aromatic N) is 1. The molecule has 0 saturated carbocycles. The van der Waals surface area contributed by atoms with Gasteiger partial charge >= 0.3 is 0 Å². The van der Waals surface area contributed by atoms with Crippen LogP contribution >= 0.6 is 11.8 Å². The monoisotopic (exact) mass is 349 g/mol. The summed E-state index contributed by atoms with van der Waals surface area (Å²) >= 11 is 1.38. The fourth-order valence-corrected chi connectivity index (χ4v) is 2.74. The van der Waals surface area contributed by atoms with Crippen molar-refractivity contribution in [3.63, 3.8) is 0 Å². The number of thioether (sulfide) groups is 1. The van der Waals surface area contributed by atoms with Gasteiger partial charge in [-0.05, 0) is 32.9 Å². The molecule has 130 valence electrons. The third-order valence-corrected chi connectivity index (χ3v) is 3.83. The number of rotatable bonds is 7. The molecule has 24 heavy (non-hydrogen) atoms. The van der Waals surface area contributed by atoms with E-state index >= 15 is 0 Å². The van der Waals surface area contributed by atoms with E-state index in [0.29, 0.717) is 11.4 Å². The van der Waals surface area contributed by atoms with Crippen LogP contribution in [0.25, 0.3) is 0 Å². The summed E-state index contributed by atoms with van der Waals surface area (Å²) in [5.41, 5.74) is 0.408. The number of nitriles is 1. The topological polar surface area (TPSA) is 86.4 Å². The largest absolute Gasteiger partial charge is 0.347 e. The molecule has 3 N–H and O–H groups in total. The number of hydrogen-bond acceptors (Lipinski definition) is 4. The Hall–Kier alpha value is -2.04. The van der Waals surface area contributed by atoms with E-state index < -0.39 is 0 Å². The van der Waals surface area contributed by atoms with Gasteiger partial charge in [-0.3, -0.25) is 9.59 Å². The first-order valence-corrected chi connectivity index (χ1v) is 8.71. The molecule has 0 aliphatic carbocycles. The van der Waals surface area contributed by atoms with E-state index in [1.165, 1.54) is 11.8 Å². The summed E-state index contributed by atoms with van der Waals surface area (Å²) in [5, 5.41) is 14.4. The maximum Gasteiger partial charge on any atom is 0.279 e. The van der Waals surface area contributed by atoms with Gasteiger partial charge in [0.2, 0.25) is 0 Å². The Bertz CT molecular complexity index is 620. The highest BCUT2D eigenvalue weighted by Gasteiger charge is 2.19. The Balaban J connectivity index is 2.54.